The molecule has 5 heteroatoms. The standard InChI is InChI=1S/C14H17Cl3N2/c1-14(9-2-3-9)8-19(5-4-18-14)13-7-11(16)10(15)6-12(13)17/h6-7,9,18H,2-5,8H2,1H3. The number of hydrogen-bond donors (Lipinski definition) is 1. The molecule has 0 bridgehead atoms. The molecular weight excluding hydrogens is 303 g/mol. The number of rotatable bonds is 2. The van der Waals surface area contributed by atoms with Gasteiger partial charge in [0.05, 0.1) is 20.8 Å². The first-order valence-electron chi connectivity index (χ1n) is 6.64. The summed E-state index contributed by atoms with van der Waals surface area (Å²) in [5.74, 6) is 0.789. The number of hydrogen-bond acceptors (Lipinski definition) is 2. The lowest BCUT2D eigenvalue weighted by atomic mass is 9.92. The Morgan fingerprint density at radius 2 is 1.84 bits per heavy atom. The number of nitrogens with zero attached hydrogens (tertiary/aromatic N) is 1. The first-order valence-corrected chi connectivity index (χ1v) is 7.77. The van der Waals surface area contributed by atoms with Gasteiger partial charge >= 0.3 is 0 Å². The van der Waals surface area contributed by atoms with Crippen LogP contribution in [-0.2, 0) is 0 Å². The maximum Gasteiger partial charge on any atom is 0.0655 e. The molecule has 1 atom stereocenters. The predicted octanol–water partition coefficient (Wildman–Crippen LogP) is 4.23. The fourth-order valence-electron chi connectivity index (χ4n) is 2.96. The summed E-state index contributed by atoms with van der Waals surface area (Å²) in [6.07, 6.45) is 2.65. The minimum atomic E-state index is 0.188. The van der Waals surface area contributed by atoms with Crippen LogP contribution in [0.3, 0.4) is 0 Å². The van der Waals surface area contributed by atoms with Crippen LogP contribution in [-0.4, -0.2) is 25.2 Å². The third kappa shape index (κ3) is 2.69. The topological polar surface area (TPSA) is 15.3 Å². The van der Waals surface area contributed by atoms with E-state index in [-0.39, 0.29) is 5.54 Å². The molecule has 2 aliphatic rings. The summed E-state index contributed by atoms with van der Waals surface area (Å²) in [6.45, 7) is 5.20. The minimum Gasteiger partial charge on any atom is -0.367 e. The van der Waals surface area contributed by atoms with Crippen LogP contribution in [0.15, 0.2) is 12.1 Å². The molecule has 1 aliphatic heterocycles. The Morgan fingerprint density at radius 1 is 1.16 bits per heavy atom. The van der Waals surface area contributed by atoms with E-state index in [1.807, 2.05) is 6.07 Å². The van der Waals surface area contributed by atoms with Gasteiger partial charge in [-0.2, -0.15) is 0 Å². The van der Waals surface area contributed by atoms with Crippen molar-refractivity contribution in [2.24, 2.45) is 5.92 Å². The average Bonchev–Trinajstić information content (AvgIpc) is 3.18. The molecule has 1 unspecified atom stereocenters. The van der Waals surface area contributed by atoms with E-state index in [0.717, 1.165) is 31.2 Å². The lowest BCUT2D eigenvalue weighted by Gasteiger charge is -2.43. The highest BCUT2D eigenvalue weighted by Crippen LogP contribution is 2.42. The van der Waals surface area contributed by atoms with Gasteiger partial charge in [-0.15, -0.1) is 0 Å². The number of anilines is 1. The minimum absolute atomic E-state index is 0.188. The van der Waals surface area contributed by atoms with Gasteiger partial charge < -0.3 is 10.2 Å². The molecular formula is C14H17Cl3N2. The molecule has 0 amide bonds. The summed E-state index contributed by atoms with van der Waals surface area (Å²) < 4.78 is 0. The van der Waals surface area contributed by atoms with Gasteiger partial charge in [-0.3, -0.25) is 0 Å². The van der Waals surface area contributed by atoms with E-state index in [1.54, 1.807) is 6.07 Å². The van der Waals surface area contributed by atoms with Crippen LogP contribution >= 0.6 is 34.8 Å². The molecule has 0 radical (unpaired) electrons. The van der Waals surface area contributed by atoms with Crippen LogP contribution < -0.4 is 10.2 Å². The predicted molar refractivity (Wildman–Crippen MR) is 82.8 cm³/mol. The summed E-state index contributed by atoms with van der Waals surface area (Å²) in [6, 6.07) is 3.61. The van der Waals surface area contributed by atoms with Crippen molar-refractivity contribution in [3.63, 3.8) is 0 Å². The Kier molecular flexibility index (Phi) is 3.63. The highest BCUT2D eigenvalue weighted by Gasteiger charge is 2.44. The van der Waals surface area contributed by atoms with E-state index in [9.17, 15) is 0 Å². The molecule has 3 rings (SSSR count). The van der Waals surface area contributed by atoms with Gasteiger partial charge in [0.25, 0.3) is 0 Å². The molecule has 0 aromatic heterocycles. The fourth-order valence-corrected chi connectivity index (χ4v) is 3.62. The van der Waals surface area contributed by atoms with Crippen molar-refractivity contribution in [1.29, 1.82) is 0 Å². The van der Waals surface area contributed by atoms with Gasteiger partial charge in [-0.25, -0.2) is 0 Å². The normalized spacial score (nSPS) is 27.7. The lowest BCUT2D eigenvalue weighted by Crippen LogP contribution is -2.60. The third-order valence-electron chi connectivity index (χ3n) is 4.24. The van der Waals surface area contributed by atoms with Crippen LogP contribution in [0.1, 0.15) is 19.8 Å². The Morgan fingerprint density at radius 3 is 2.53 bits per heavy atom. The van der Waals surface area contributed by atoms with Gasteiger partial charge in [0.15, 0.2) is 0 Å². The van der Waals surface area contributed by atoms with E-state index >= 15 is 0 Å². The smallest absolute Gasteiger partial charge is 0.0655 e. The van der Waals surface area contributed by atoms with Crippen LogP contribution in [0, 0.1) is 5.92 Å². The average molecular weight is 320 g/mol. The Labute approximate surface area is 129 Å². The van der Waals surface area contributed by atoms with Crippen molar-refractivity contribution in [2.75, 3.05) is 24.5 Å². The molecule has 2 nitrogen and oxygen atoms in total. The Hall–Kier alpha value is -0.150. The van der Waals surface area contributed by atoms with Gasteiger partial charge in [0.2, 0.25) is 0 Å². The summed E-state index contributed by atoms with van der Waals surface area (Å²) in [5.41, 5.74) is 1.18. The second-order valence-corrected chi connectivity index (χ2v) is 6.98. The third-order valence-corrected chi connectivity index (χ3v) is 5.26. The zero-order chi connectivity index (χ0) is 13.6. The molecule has 1 N–H and O–H groups in total. The maximum absolute atomic E-state index is 6.32. The monoisotopic (exact) mass is 318 g/mol. The highest BCUT2D eigenvalue weighted by molar-refractivity contribution is 6.44. The molecule has 1 aromatic carbocycles. The maximum atomic E-state index is 6.32. The van der Waals surface area contributed by atoms with E-state index in [4.69, 9.17) is 34.8 Å². The quantitative estimate of drug-likeness (QED) is 0.821. The van der Waals surface area contributed by atoms with Crippen LogP contribution in [0.4, 0.5) is 5.69 Å². The summed E-state index contributed by atoms with van der Waals surface area (Å²) in [5, 5.41) is 5.41. The lowest BCUT2D eigenvalue weighted by molar-refractivity contribution is 0.285. The van der Waals surface area contributed by atoms with Crippen molar-refractivity contribution in [3.8, 4) is 0 Å². The number of benzene rings is 1. The van der Waals surface area contributed by atoms with E-state index < -0.39 is 0 Å². The van der Waals surface area contributed by atoms with Crippen LogP contribution in [0.2, 0.25) is 15.1 Å². The summed E-state index contributed by atoms with van der Waals surface area (Å²) in [7, 11) is 0. The second kappa shape index (κ2) is 5.00. The molecule has 1 aromatic rings. The van der Waals surface area contributed by atoms with Gasteiger partial charge in [-0.05, 0) is 37.8 Å². The Bertz CT molecular complexity index is 502. The summed E-state index contributed by atoms with van der Waals surface area (Å²) >= 11 is 18.4. The van der Waals surface area contributed by atoms with E-state index in [2.05, 4.69) is 17.1 Å². The molecule has 0 spiro atoms. The molecule has 1 saturated carbocycles. The van der Waals surface area contributed by atoms with Crippen molar-refractivity contribution >= 4 is 40.5 Å². The Balaban J connectivity index is 1.87. The second-order valence-electron chi connectivity index (χ2n) is 5.76. The molecule has 2 fully saturated rings. The first kappa shape index (κ1) is 13.8. The van der Waals surface area contributed by atoms with Crippen molar-refractivity contribution in [2.45, 2.75) is 25.3 Å². The van der Waals surface area contributed by atoms with Gasteiger partial charge in [0, 0.05) is 25.2 Å². The van der Waals surface area contributed by atoms with Crippen molar-refractivity contribution in [1.82, 2.24) is 5.32 Å². The first-order chi connectivity index (χ1) is 8.99. The summed E-state index contributed by atoms with van der Waals surface area (Å²) in [4.78, 5) is 2.32. The van der Waals surface area contributed by atoms with Gasteiger partial charge in [-0.1, -0.05) is 34.8 Å². The molecule has 104 valence electrons. The van der Waals surface area contributed by atoms with Crippen LogP contribution in [0.25, 0.3) is 0 Å². The molecule has 1 aliphatic carbocycles. The zero-order valence-corrected chi connectivity index (χ0v) is 13.1. The molecule has 1 saturated heterocycles. The number of nitrogens with one attached hydrogen (secondary N) is 1. The van der Waals surface area contributed by atoms with Crippen molar-refractivity contribution < 1.29 is 0 Å². The van der Waals surface area contributed by atoms with Crippen LogP contribution in [0.5, 0.6) is 0 Å². The number of halogens is 3. The fraction of sp³-hybridized carbons (Fsp3) is 0.571. The molecule has 19 heavy (non-hydrogen) atoms. The van der Waals surface area contributed by atoms with Crippen molar-refractivity contribution in [3.05, 3.63) is 27.2 Å². The van der Waals surface area contributed by atoms with Gasteiger partial charge in [0.1, 0.15) is 0 Å². The molecule has 1 heterocycles. The highest BCUT2D eigenvalue weighted by atomic mass is 35.5. The number of piperazine rings is 1. The van der Waals surface area contributed by atoms with E-state index in [1.165, 1.54) is 12.8 Å². The zero-order valence-electron chi connectivity index (χ0n) is 10.8. The van der Waals surface area contributed by atoms with E-state index in [0.29, 0.717) is 15.1 Å². The SMILES string of the molecule is CC1(C2CC2)CN(c2cc(Cl)c(Cl)cc2Cl)CCN1. The largest absolute Gasteiger partial charge is 0.367 e.